The maximum Gasteiger partial charge on any atom is 0.126 e. The standard InChI is InChI=1S/C16H17ClFN/c1-10-3-5-14(11(2)7-10)16(19)9-12-8-13(17)4-6-15(12)18/h3-8,16H,9,19H2,1-2H3. The minimum Gasteiger partial charge on any atom is -0.324 e. The summed E-state index contributed by atoms with van der Waals surface area (Å²) in [5.41, 5.74) is 10.1. The Kier molecular flexibility index (Phi) is 4.23. The van der Waals surface area contributed by atoms with Crippen molar-refractivity contribution in [3.05, 3.63) is 69.5 Å². The lowest BCUT2D eigenvalue weighted by molar-refractivity contribution is 0.593. The first-order chi connectivity index (χ1) is 8.97. The van der Waals surface area contributed by atoms with Gasteiger partial charge in [0.15, 0.2) is 0 Å². The van der Waals surface area contributed by atoms with Crippen molar-refractivity contribution < 1.29 is 4.39 Å². The van der Waals surface area contributed by atoms with Gasteiger partial charge < -0.3 is 5.73 Å². The maximum atomic E-state index is 13.7. The summed E-state index contributed by atoms with van der Waals surface area (Å²) in [7, 11) is 0. The van der Waals surface area contributed by atoms with Crippen LogP contribution in [-0.4, -0.2) is 0 Å². The number of rotatable bonds is 3. The minimum absolute atomic E-state index is 0.228. The van der Waals surface area contributed by atoms with Crippen molar-refractivity contribution in [1.82, 2.24) is 0 Å². The van der Waals surface area contributed by atoms with Gasteiger partial charge >= 0.3 is 0 Å². The first kappa shape index (κ1) is 14.0. The van der Waals surface area contributed by atoms with Crippen LogP contribution in [0.3, 0.4) is 0 Å². The molecule has 2 aromatic carbocycles. The quantitative estimate of drug-likeness (QED) is 0.887. The predicted molar refractivity (Wildman–Crippen MR) is 78.0 cm³/mol. The van der Waals surface area contributed by atoms with Crippen molar-refractivity contribution in [2.45, 2.75) is 26.3 Å². The van der Waals surface area contributed by atoms with Gasteiger partial charge in [-0.25, -0.2) is 4.39 Å². The second kappa shape index (κ2) is 5.72. The molecule has 0 aliphatic heterocycles. The molecule has 2 rings (SSSR count). The van der Waals surface area contributed by atoms with Crippen LogP contribution in [0.25, 0.3) is 0 Å². The van der Waals surface area contributed by atoms with E-state index in [1.807, 2.05) is 26.0 Å². The van der Waals surface area contributed by atoms with Gasteiger partial charge in [-0.15, -0.1) is 0 Å². The monoisotopic (exact) mass is 277 g/mol. The molecule has 0 aliphatic rings. The molecular weight excluding hydrogens is 261 g/mol. The molecule has 2 N–H and O–H groups in total. The third kappa shape index (κ3) is 3.34. The highest BCUT2D eigenvalue weighted by atomic mass is 35.5. The van der Waals surface area contributed by atoms with Gasteiger partial charge in [0, 0.05) is 11.1 Å². The third-order valence-corrected chi connectivity index (χ3v) is 3.51. The van der Waals surface area contributed by atoms with Gasteiger partial charge in [0.1, 0.15) is 5.82 Å². The van der Waals surface area contributed by atoms with Crippen molar-refractivity contribution in [3.8, 4) is 0 Å². The highest BCUT2D eigenvalue weighted by Crippen LogP contribution is 2.23. The van der Waals surface area contributed by atoms with Crippen LogP contribution >= 0.6 is 11.6 Å². The molecule has 1 atom stereocenters. The van der Waals surface area contributed by atoms with E-state index in [2.05, 4.69) is 6.07 Å². The smallest absolute Gasteiger partial charge is 0.126 e. The Bertz CT molecular complexity index is 595. The van der Waals surface area contributed by atoms with E-state index in [-0.39, 0.29) is 11.9 Å². The molecule has 0 aliphatic carbocycles. The van der Waals surface area contributed by atoms with Crippen LogP contribution in [0.5, 0.6) is 0 Å². The number of hydrogen-bond donors (Lipinski definition) is 1. The summed E-state index contributed by atoms with van der Waals surface area (Å²) < 4.78 is 13.7. The molecule has 0 saturated carbocycles. The molecule has 19 heavy (non-hydrogen) atoms. The van der Waals surface area contributed by atoms with Gasteiger partial charge in [-0.05, 0) is 55.2 Å². The highest BCUT2D eigenvalue weighted by Gasteiger charge is 2.13. The Morgan fingerprint density at radius 1 is 1.16 bits per heavy atom. The molecule has 0 heterocycles. The zero-order chi connectivity index (χ0) is 14.0. The van der Waals surface area contributed by atoms with Crippen LogP contribution in [0.1, 0.15) is 28.3 Å². The van der Waals surface area contributed by atoms with Gasteiger partial charge in [-0.3, -0.25) is 0 Å². The fourth-order valence-electron chi connectivity index (χ4n) is 2.29. The lowest BCUT2D eigenvalue weighted by Gasteiger charge is -2.16. The number of halogens is 2. The van der Waals surface area contributed by atoms with Crippen LogP contribution in [0.15, 0.2) is 36.4 Å². The van der Waals surface area contributed by atoms with Gasteiger partial charge in [0.25, 0.3) is 0 Å². The van der Waals surface area contributed by atoms with E-state index in [0.717, 1.165) is 11.1 Å². The Balaban J connectivity index is 2.25. The van der Waals surface area contributed by atoms with Gasteiger partial charge in [-0.1, -0.05) is 35.4 Å². The van der Waals surface area contributed by atoms with E-state index >= 15 is 0 Å². The molecular formula is C16H17ClFN. The number of aryl methyl sites for hydroxylation is 2. The highest BCUT2D eigenvalue weighted by molar-refractivity contribution is 6.30. The number of hydrogen-bond acceptors (Lipinski definition) is 1. The average Bonchev–Trinajstić information content (AvgIpc) is 2.33. The first-order valence-corrected chi connectivity index (χ1v) is 6.62. The molecule has 2 aromatic rings. The predicted octanol–water partition coefficient (Wildman–Crippen LogP) is 4.34. The first-order valence-electron chi connectivity index (χ1n) is 6.24. The largest absolute Gasteiger partial charge is 0.324 e. The second-order valence-corrected chi connectivity index (χ2v) is 5.34. The van der Waals surface area contributed by atoms with Crippen molar-refractivity contribution in [3.63, 3.8) is 0 Å². The van der Waals surface area contributed by atoms with Gasteiger partial charge in [-0.2, -0.15) is 0 Å². The fraction of sp³-hybridized carbons (Fsp3) is 0.250. The maximum absolute atomic E-state index is 13.7. The van der Waals surface area contributed by atoms with Crippen molar-refractivity contribution in [1.29, 1.82) is 0 Å². The summed E-state index contributed by atoms with van der Waals surface area (Å²) in [5.74, 6) is -0.260. The van der Waals surface area contributed by atoms with E-state index < -0.39 is 0 Å². The lowest BCUT2D eigenvalue weighted by Crippen LogP contribution is -2.15. The number of benzene rings is 2. The van der Waals surface area contributed by atoms with E-state index in [9.17, 15) is 4.39 Å². The molecule has 3 heteroatoms. The van der Waals surface area contributed by atoms with Crippen LogP contribution in [0.4, 0.5) is 4.39 Å². The summed E-state index contributed by atoms with van der Waals surface area (Å²) in [5, 5.41) is 0.532. The summed E-state index contributed by atoms with van der Waals surface area (Å²) in [4.78, 5) is 0. The molecule has 0 bridgehead atoms. The number of nitrogens with two attached hydrogens (primary N) is 1. The molecule has 0 fully saturated rings. The van der Waals surface area contributed by atoms with E-state index in [0.29, 0.717) is 17.0 Å². The van der Waals surface area contributed by atoms with E-state index in [1.165, 1.54) is 11.6 Å². The van der Waals surface area contributed by atoms with Gasteiger partial charge in [0.2, 0.25) is 0 Å². The Labute approximate surface area is 118 Å². The minimum atomic E-state index is -0.260. The van der Waals surface area contributed by atoms with Crippen LogP contribution in [0.2, 0.25) is 5.02 Å². The SMILES string of the molecule is Cc1ccc(C(N)Cc2cc(Cl)ccc2F)c(C)c1. The topological polar surface area (TPSA) is 26.0 Å². The normalized spacial score (nSPS) is 12.5. The molecule has 1 unspecified atom stereocenters. The molecule has 1 nitrogen and oxygen atoms in total. The van der Waals surface area contributed by atoms with Gasteiger partial charge in [0.05, 0.1) is 0 Å². The fourth-order valence-corrected chi connectivity index (χ4v) is 2.48. The molecule has 0 spiro atoms. The van der Waals surface area contributed by atoms with E-state index in [1.54, 1.807) is 12.1 Å². The van der Waals surface area contributed by atoms with Crippen LogP contribution < -0.4 is 5.73 Å². The molecule has 0 aromatic heterocycles. The summed E-state index contributed by atoms with van der Waals surface area (Å²) >= 11 is 5.89. The van der Waals surface area contributed by atoms with Crippen molar-refractivity contribution in [2.75, 3.05) is 0 Å². The van der Waals surface area contributed by atoms with E-state index in [4.69, 9.17) is 17.3 Å². The average molecular weight is 278 g/mol. The van der Waals surface area contributed by atoms with Crippen molar-refractivity contribution >= 4 is 11.6 Å². The van der Waals surface area contributed by atoms with Crippen molar-refractivity contribution in [2.24, 2.45) is 5.73 Å². The molecule has 0 radical (unpaired) electrons. The molecule has 0 amide bonds. The second-order valence-electron chi connectivity index (χ2n) is 4.91. The Hall–Kier alpha value is -1.38. The zero-order valence-corrected chi connectivity index (χ0v) is 11.8. The summed E-state index contributed by atoms with van der Waals surface area (Å²) in [6.45, 7) is 4.06. The Morgan fingerprint density at radius 2 is 1.89 bits per heavy atom. The van der Waals surface area contributed by atoms with Crippen LogP contribution in [0, 0.1) is 19.7 Å². The zero-order valence-electron chi connectivity index (χ0n) is 11.1. The lowest BCUT2D eigenvalue weighted by atomic mass is 9.95. The molecule has 100 valence electrons. The third-order valence-electron chi connectivity index (χ3n) is 3.27. The Morgan fingerprint density at radius 3 is 2.58 bits per heavy atom. The van der Waals surface area contributed by atoms with Crippen LogP contribution in [-0.2, 0) is 6.42 Å². The molecule has 0 saturated heterocycles. The summed E-state index contributed by atoms with van der Waals surface area (Å²) in [6.07, 6.45) is 0.441. The summed E-state index contributed by atoms with van der Waals surface area (Å²) in [6, 6.07) is 10.5.